The normalized spacial score (nSPS) is 13.7. The topological polar surface area (TPSA) is 88.5 Å². The molecule has 1 aromatic rings. The summed E-state index contributed by atoms with van der Waals surface area (Å²) in [5.41, 5.74) is 0.453. The number of ether oxygens (including phenoxy) is 1. The summed E-state index contributed by atoms with van der Waals surface area (Å²) < 4.78 is 29.9. The van der Waals surface area contributed by atoms with Gasteiger partial charge in [-0.15, -0.1) is 11.3 Å². The van der Waals surface area contributed by atoms with Gasteiger partial charge in [0, 0.05) is 12.5 Å². The Labute approximate surface area is 98.3 Å². The molecule has 1 heterocycles. The number of nitrogens with zero attached hydrogens (tertiary/aromatic N) is 1. The Bertz CT molecular complexity index is 427. The minimum absolute atomic E-state index is 0.118. The van der Waals surface area contributed by atoms with E-state index in [4.69, 9.17) is 0 Å². The number of aliphatic hydroxyl groups excluding tert-OH is 1. The monoisotopic (exact) mass is 266 g/mol. The lowest BCUT2D eigenvalue weighted by atomic mass is 10.3. The third-order valence-corrected chi connectivity index (χ3v) is 3.86. The maximum absolute atomic E-state index is 11.5. The summed E-state index contributed by atoms with van der Waals surface area (Å²) in [6, 6.07) is 0. The van der Waals surface area contributed by atoms with Crippen molar-refractivity contribution in [2.75, 3.05) is 24.2 Å². The van der Waals surface area contributed by atoms with Gasteiger partial charge in [0.05, 0.1) is 24.2 Å². The van der Waals surface area contributed by atoms with E-state index in [9.17, 15) is 13.5 Å². The highest BCUT2D eigenvalue weighted by Crippen LogP contribution is 2.21. The summed E-state index contributed by atoms with van der Waals surface area (Å²) in [5, 5.41) is 11.1. The molecular weight excluding hydrogens is 252 g/mol. The maximum atomic E-state index is 11.5. The van der Waals surface area contributed by atoms with E-state index in [0.717, 1.165) is 11.3 Å². The molecule has 0 aliphatic rings. The van der Waals surface area contributed by atoms with Crippen LogP contribution in [-0.4, -0.2) is 38.0 Å². The molecular formula is C8H14N2O4S2. The number of anilines is 1. The number of aliphatic hydroxyl groups is 1. The fraction of sp³-hybridized carbons (Fsp3) is 0.625. The van der Waals surface area contributed by atoms with Gasteiger partial charge in [-0.25, -0.2) is 13.4 Å². The molecule has 16 heavy (non-hydrogen) atoms. The van der Waals surface area contributed by atoms with Crippen LogP contribution in [0.2, 0.25) is 0 Å². The van der Waals surface area contributed by atoms with Crippen LogP contribution >= 0.6 is 11.3 Å². The minimum Gasteiger partial charge on any atom is -0.387 e. The lowest BCUT2D eigenvalue weighted by Crippen LogP contribution is -2.19. The summed E-state index contributed by atoms with van der Waals surface area (Å²) in [5.74, 6) is -0.118. The highest BCUT2D eigenvalue weighted by atomic mass is 32.2. The Morgan fingerprint density at radius 1 is 1.69 bits per heavy atom. The second-order valence-electron chi connectivity index (χ2n) is 3.17. The smallest absolute Gasteiger partial charge is 0.236 e. The van der Waals surface area contributed by atoms with Crippen molar-refractivity contribution in [1.82, 2.24) is 4.98 Å². The second kappa shape index (κ2) is 5.58. The van der Waals surface area contributed by atoms with Gasteiger partial charge in [0.15, 0.2) is 5.13 Å². The predicted molar refractivity (Wildman–Crippen MR) is 62.0 cm³/mol. The van der Waals surface area contributed by atoms with Crippen LogP contribution in [0.1, 0.15) is 18.7 Å². The van der Waals surface area contributed by atoms with Gasteiger partial charge >= 0.3 is 0 Å². The van der Waals surface area contributed by atoms with Gasteiger partial charge in [0.2, 0.25) is 10.0 Å². The Balaban J connectivity index is 2.65. The average molecular weight is 266 g/mol. The van der Waals surface area contributed by atoms with E-state index in [1.54, 1.807) is 12.3 Å². The summed E-state index contributed by atoms with van der Waals surface area (Å²) in [7, 11) is -1.98. The van der Waals surface area contributed by atoms with Crippen LogP contribution in [-0.2, 0) is 14.8 Å². The first kappa shape index (κ1) is 13.4. The third-order valence-electron chi connectivity index (χ3n) is 1.75. The van der Waals surface area contributed by atoms with E-state index >= 15 is 0 Å². The highest BCUT2D eigenvalue weighted by molar-refractivity contribution is 7.92. The molecule has 1 aromatic heterocycles. The van der Waals surface area contributed by atoms with Gasteiger partial charge in [0.1, 0.15) is 0 Å². The third kappa shape index (κ3) is 4.05. The number of aromatic nitrogens is 1. The van der Waals surface area contributed by atoms with E-state index in [1.165, 1.54) is 7.11 Å². The van der Waals surface area contributed by atoms with Crippen LogP contribution < -0.4 is 4.72 Å². The molecule has 0 spiro atoms. The molecule has 8 heteroatoms. The molecule has 0 amide bonds. The highest BCUT2D eigenvalue weighted by Gasteiger charge is 2.13. The Morgan fingerprint density at radius 2 is 2.38 bits per heavy atom. The Hall–Kier alpha value is -0.700. The van der Waals surface area contributed by atoms with Gasteiger partial charge in [-0.05, 0) is 6.92 Å². The quantitative estimate of drug-likeness (QED) is 0.786. The van der Waals surface area contributed by atoms with Gasteiger partial charge in [-0.1, -0.05) is 0 Å². The molecule has 2 N–H and O–H groups in total. The average Bonchev–Trinajstić information content (AvgIpc) is 2.62. The lowest BCUT2D eigenvalue weighted by Gasteiger charge is -2.03. The van der Waals surface area contributed by atoms with Crippen LogP contribution in [0.5, 0.6) is 0 Å². The van der Waals surface area contributed by atoms with Gasteiger partial charge in [0.25, 0.3) is 0 Å². The van der Waals surface area contributed by atoms with Gasteiger partial charge < -0.3 is 9.84 Å². The molecule has 1 atom stereocenters. The van der Waals surface area contributed by atoms with Crippen molar-refractivity contribution < 1.29 is 18.3 Å². The van der Waals surface area contributed by atoms with Crippen LogP contribution in [0.25, 0.3) is 0 Å². The predicted octanol–water partition coefficient (Wildman–Crippen LogP) is 0.584. The van der Waals surface area contributed by atoms with Crippen LogP contribution in [0.15, 0.2) is 5.38 Å². The standard InChI is InChI=1S/C8H14N2O4S2/c1-6(11)7-5-15-8(9-7)10-16(12,13)4-3-14-2/h5-6,11H,3-4H2,1-2H3,(H,9,10). The molecule has 1 rings (SSSR count). The number of sulfonamides is 1. The van der Waals surface area contributed by atoms with Crippen molar-refractivity contribution in [3.63, 3.8) is 0 Å². The summed E-state index contributed by atoms with van der Waals surface area (Å²) in [4.78, 5) is 3.94. The molecule has 0 aliphatic heterocycles. The number of hydrogen-bond donors (Lipinski definition) is 2. The number of rotatable bonds is 6. The summed E-state index contributed by atoms with van der Waals surface area (Å²) >= 11 is 1.14. The van der Waals surface area contributed by atoms with Crippen LogP contribution in [0, 0.1) is 0 Å². The zero-order chi connectivity index (χ0) is 12.2. The van der Waals surface area contributed by atoms with Crippen molar-refractivity contribution in [3.8, 4) is 0 Å². The first-order valence-corrected chi connectivity index (χ1v) is 7.10. The van der Waals surface area contributed by atoms with Gasteiger partial charge in [-0.3, -0.25) is 4.72 Å². The van der Waals surface area contributed by atoms with Crippen molar-refractivity contribution in [2.45, 2.75) is 13.0 Å². The van der Waals surface area contributed by atoms with Crippen molar-refractivity contribution >= 4 is 26.5 Å². The SMILES string of the molecule is COCCS(=O)(=O)Nc1nc(C(C)O)cs1. The molecule has 0 aliphatic carbocycles. The molecule has 6 nitrogen and oxygen atoms in total. The van der Waals surface area contributed by atoms with Gasteiger partial charge in [-0.2, -0.15) is 0 Å². The number of hydrogen-bond acceptors (Lipinski definition) is 6. The molecule has 0 saturated heterocycles. The van der Waals surface area contributed by atoms with E-state index in [1.807, 2.05) is 0 Å². The summed E-state index contributed by atoms with van der Waals surface area (Å²) in [6.45, 7) is 1.70. The largest absolute Gasteiger partial charge is 0.387 e. The maximum Gasteiger partial charge on any atom is 0.236 e. The molecule has 0 radical (unpaired) electrons. The first-order valence-electron chi connectivity index (χ1n) is 4.57. The molecule has 0 bridgehead atoms. The number of thiazole rings is 1. The molecule has 0 saturated carbocycles. The Kier molecular flexibility index (Phi) is 4.66. The fourth-order valence-corrected chi connectivity index (χ4v) is 2.92. The van der Waals surface area contributed by atoms with Crippen molar-refractivity contribution in [3.05, 3.63) is 11.1 Å². The minimum atomic E-state index is -3.42. The first-order chi connectivity index (χ1) is 7.44. The second-order valence-corrected chi connectivity index (χ2v) is 5.87. The molecule has 0 fully saturated rings. The van der Waals surface area contributed by atoms with Crippen molar-refractivity contribution in [2.24, 2.45) is 0 Å². The molecule has 0 aromatic carbocycles. The molecule has 1 unspecified atom stereocenters. The zero-order valence-electron chi connectivity index (χ0n) is 9.00. The van der Waals surface area contributed by atoms with Crippen molar-refractivity contribution in [1.29, 1.82) is 0 Å². The van der Waals surface area contributed by atoms with E-state index < -0.39 is 16.1 Å². The van der Waals surface area contributed by atoms with E-state index in [2.05, 4.69) is 14.4 Å². The van der Waals surface area contributed by atoms with E-state index in [0.29, 0.717) is 5.69 Å². The lowest BCUT2D eigenvalue weighted by molar-refractivity contribution is 0.195. The van der Waals surface area contributed by atoms with Crippen LogP contribution in [0.3, 0.4) is 0 Å². The summed E-state index contributed by atoms with van der Waals surface area (Å²) in [6.07, 6.45) is -0.700. The zero-order valence-corrected chi connectivity index (χ0v) is 10.6. The Morgan fingerprint density at radius 3 is 2.88 bits per heavy atom. The molecule has 92 valence electrons. The fourth-order valence-electron chi connectivity index (χ4n) is 0.902. The number of nitrogens with one attached hydrogen (secondary N) is 1. The van der Waals surface area contributed by atoms with E-state index in [-0.39, 0.29) is 17.5 Å². The number of methoxy groups -OCH3 is 1. The van der Waals surface area contributed by atoms with Crippen LogP contribution in [0.4, 0.5) is 5.13 Å².